The van der Waals surface area contributed by atoms with Crippen molar-refractivity contribution in [1.82, 2.24) is 0 Å². The first kappa shape index (κ1) is 36.4. The molecule has 1 heteroatoms. The highest BCUT2D eigenvalue weighted by Crippen LogP contribution is 2.53. The third kappa shape index (κ3) is 6.26. The van der Waals surface area contributed by atoms with E-state index in [2.05, 4.69) is 245 Å². The summed E-state index contributed by atoms with van der Waals surface area (Å²) in [6.45, 7) is 9.39. The minimum atomic E-state index is -0.217. The molecule has 1 aliphatic carbocycles. The largest absolute Gasteiger partial charge is 0.309 e. The van der Waals surface area contributed by atoms with E-state index in [-0.39, 0.29) is 10.8 Å². The molecule has 10 rings (SSSR count). The molecular formula is C58H47N. The molecule has 0 saturated heterocycles. The summed E-state index contributed by atoms with van der Waals surface area (Å²) in [6, 6.07) is 78.3. The molecule has 59 heavy (non-hydrogen) atoms. The Hall–Kier alpha value is -6.96. The Morgan fingerprint density at radius 2 is 0.966 bits per heavy atom. The van der Waals surface area contributed by atoms with E-state index in [1.165, 1.54) is 77.5 Å². The van der Waals surface area contributed by atoms with Crippen molar-refractivity contribution in [3.63, 3.8) is 0 Å². The Labute approximate surface area is 348 Å². The second-order valence-corrected chi connectivity index (χ2v) is 16.9. The number of rotatable bonds is 8. The van der Waals surface area contributed by atoms with Crippen molar-refractivity contribution in [3.05, 3.63) is 235 Å². The van der Waals surface area contributed by atoms with E-state index in [1.807, 2.05) is 0 Å². The molecule has 0 saturated carbocycles. The summed E-state index contributed by atoms with van der Waals surface area (Å²) in [5.41, 5.74) is 18.2. The predicted molar refractivity (Wildman–Crippen MR) is 251 cm³/mol. The lowest BCUT2D eigenvalue weighted by molar-refractivity contribution is 0.641. The van der Waals surface area contributed by atoms with Crippen LogP contribution >= 0.6 is 0 Å². The number of nitrogens with zero attached hydrogens (tertiary/aromatic N) is 1. The quantitative estimate of drug-likeness (QED) is 0.149. The van der Waals surface area contributed by atoms with E-state index in [4.69, 9.17) is 0 Å². The zero-order valence-electron chi connectivity index (χ0n) is 34.2. The van der Waals surface area contributed by atoms with E-state index in [9.17, 15) is 0 Å². The Balaban J connectivity index is 1.26. The molecule has 1 nitrogen and oxygen atoms in total. The summed E-state index contributed by atoms with van der Waals surface area (Å²) in [4.78, 5) is 2.53. The van der Waals surface area contributed by atoms with E-state index in [0.29, 0.717) is 0 Å². The van der Waals surface area contributed by atoms with Gasteiger partial charge in [0.25, 0.3) is 0 Å². The van der Waals surface area contributed by atoms with Crippen LogP contribution in [0.4, 0.5) is 17.1 Å². The highest BCUT2D eigenvalue weighted by molar-refractivity contribution is 6.06. The van der Waals surface area contributed by atoms with Crippen LogP contribution in [-0.2, 0) is 10.8 Å². The molecule has 0 heterocycles. The maximum Gasteiger partial charge on any atom is 0.0546 e. The molecule has 0 unspecified atom stereocenters. The van der Waals surface area contributed by atoms with Gasteiger partial charge in [-0.15, -0.1) is 0 Å². The van der Waals surface area contributed by atoms with Gasteiger partial charge in [-0.1, -0.05) is 210 Å². The molecule has 284 valence electrons. The van der Waals surface area contributed by atoms with Gasteiger partial charge in [0.15, 0.2) is 0 Å². The SMILES string of the molecule is CC(C)(c1ccccc1)c1ccc(N(c2ccc3c(c2)-c2ccccc2C3(C)C)c2ccc3ccccc3c2-c2ccc(-c3ccccc3)cc2)c(-c2ccccc2)c1. The third-order valence-electron chi connectivity index (χ3n) is 12.8. The van der Waals surface area contributed by atoms with E-state index in [0.717, 1.165) is 17.1 Å². The van der Waals surface area contributed by atoms with Crippen molar-refractivity contribution in [2.45, 2.75) is 38.5 Å². The molecule has 0 fully saturated rings. The molecule has 9 aromatic rings. The monoisotopic (exact) mass is 757 g/mol. The fraction of sp³-hybridized carbons (Fsp3) is 0.103. The first-order chi connectivity index (χ1) is 28.8. The fourth-order valence-electron chi connectivity index (χ4n) is 9.46. The summed E-state index contributed by atoms with van der Waals surface area (Å²) in [5, 5.41) is 2.43. The van der Waals surface area contributed by atoms with Crippen LogP contribution in [0.2, 0.25) is 0 Å². The molecule has 9 aromatic carbocycles. The number of hydrogen-bond acceptors (Lipinski definition) is 1. The number of anilines is 3. The minimum absolute atomic E-state index is 0.0935. The van der Waals surface area contributed by atoms with Crippen molar-refractivity contribution < 1.29 is 0 Å². The Morgan fingerprint density at radius 3 is 1.71 bits per heavy atom. The summed E-state index contributed by atoms with van der Waals surface area (Å²) in [5.74, 6) is 0. The molecule has 0 radical (unpaired) electrons. The van der Waals surface area contributed by atoms with Crippen LogP contribution in [0.25, 0.3) is 55.3 Å². The molecule has 0 bridgehead atoms. The van der Waals surface area contributed by atoms with Gasteiger partial charge in [-0.3, -0.25) is 0 Å². The lowest BCUT2D eigenvalue weighted by atomic mass is 9.77. The first-order valence-electron chi connectivity index (χ1n) is 20.8. The van der Waals surface area contributed by atoms with Crippen LogP contribution in [0, 0.1) is 0 Å². The van der Waals surface area contributed by atoms with Crippen LogP contribution in [0.1, 0.15) is 49.9 Å². The Morgan fingerprint density at radius 1 is 0.390 bits per heavy atom. The van der Waals surface area contributed by atoms with Gasteiger partial charge in [0.2, 0.25) is 0 Å². The molecular weight excluding hydrogens is 711 g/mol. The Kier molecular flexibility index (Phi) is 8.91. The predicted octanol–water partition coefficient (Wildman–Crippen LogP) is 15.9. The second kappa shape index (κ2) is 14.5. The Bertz CT molecular complexity index is 2960. The molecule has 0 amide bonds. The van der Waals surface area contributed by atoms with Crippen LogP contribution in [0.5, 0.6) is 0 Å². The van der Waals surface area contributed by atoms with Crippen molar-refractivity contribution >= 4 is 27.8 Å². The zero-order valence-corrected chi connectivity index (χ0v) is 34.2. The highest BCUT2D eigenvalue weighted by Gasteiger charge is 2.36. The van der Waals surface area contributed by atoms with E-state index >= 15 is 0 Å². The first-order valence-corrected chi connectivity index (χ1v) is 20.8. The lowest BCUT2D eigenvalue weighted by Crippen LogP contribution is -2.20. The lowest BCUT2D eigenvalue weighted by Gasteiger charge is -2.33. The fourth-order valence-corrected chi connectivity index (χ4v) is 9.46. The summed E-state index contributed by atoms with van der Waals surface area (Å²) in [7, 11) is 0. The third-order valence-corrected chi connectivity index (χ3v) is 12.8. The van der Waals surface area contributed by atoms with Gasteiger partial charge >= 0.3 is 0 Å². The van der Waals surface area contributed by atoms with Crippen molar-refractivity contribution in [3.8, 4) is 44.5 Å². The summed E-state index contributed by atoms with van der Waals surface area (Å²) < 4.78 is 0. The second-order valence-electron chi connectivity index (χ2n) is 16.9. The standard InChI is InChI=1S/C58H47N/c1-57(2,45-23-12-7-13-24-45)46-33-37-54(50(38-46)42-20-10-6-11-21-42)59(47-34-35-53-51(39-47)49-26-16-17-27-52(49)58(53,3)4)55-36-32-43-22-14-15-25-48(43)56(55)44-30-28-41(29-31-44)40-18-8-5-9-19-40/h5-39H,1-4H3. The van der Waals surface area contributed by atoms with Gasteiger partial charge in [0.1, 0.15) is 0 Å². The van der Waals surface area contributed by atoms with Crippen LogP contribution in [-0.4, -0.2) is 0 Å². The smallest absolute Gasteiger partial charge is 0.0546 e. The minimum Gasteiger partial charge on any atom is -0.309 e. The van der Waals surface area contributed by atoms with Crippen LogP contribution in [0.15, 0.2) is 212 Å². The normalized spacial score (nSPS) is 12.9. The zero-order chi connectivity index (χ0) is 40.1. The van der Waals surface area contributed by atoms with Crippen molar-refractivity contribution in [2.24, 2.45) is 0 Å². The van der Waals surface area contributed by atoms with Gasteiger partial charge in [0.05, 0.1) is 11.4 Å². The molecule has 0 aromatic heterocycles. The van der Waals surface area contributed by atoms with E-state index in [1.54, 1.807) is 0 Å². The molecule has 0 aliphatic heterocycles. The van der Waals surface area contributed by atoms with Crippen molar-refractivity contribution in [1.29, 1.82) is 0 Å². The number of hydrogen-bond donors (Lipinski definition) is 0. The average molecular weight is 758 g/mol. The molecule has 1 aliphatic rings. The van der Waals surface area contributed by atoms with Gasteiger partial charge in [0, 0.05) is 27.6 Å². The number of benzene rings is 9. The highest BCUT2D eigenvalue weighted by atomic mass is 15.1. The number of fused-ring (bicyclic) bond motifs is 4. The molecule has 0 atom stereocenters. The van der Waals surface area contributed by atoms with Crippen LogP contribution < -0.4 is 4.90 Å². The average Bonchev–Trinajstić information content (AvgIpc) is 3.52. The molecule has 0 spiro atoms. The molecule has 0 N–H and O–H groups in total. The summed E-state index contributed by atoms with van der Waals surface area (Å²) in [6.07, 6.45) is 0. The maximum absolute atomic E-state index is 2.53. The topological polar surface area (TPSA) is 3.24 Å². The maximum atomic E-state index is 2.53. The van der Waals surface area contributed by atoms with Gasteiger partial charge < -0.3 is 4.90 Å². The van der Waals surface area contributed by atoms with Gasteiger partial charge in [-0.2, -0.15) is 0 Å². The van der Waals surface area contributed by atoms with Crippen LogP contribution in [0.3, 0.4) is 0 Å². The van der Waals surface area contributed by atoms with E-state index < -0.39 is 0 Å². The van der Waals surface area contributed by atoms with Gasteiger partial charge in [-0.25, -0.2) is 0 Å². The van der Waals surface area contributed by atoms with Crippen molar-refractivity contribution in [2.75, 3.05) is 4.90 Å². The summed E-state index contributed by atoms with van der Waals surface area (Å²) >= 11 is 0. The van der Waals surface area contributed by atoms with Gasteiger partial charge in [-0.05, 0) is 96.7 Å².